The first-order valence-corrected chi connectivity index (χ1v) is 7.20. The summed E-state index contributed by atoms with van der Waals surface area (Å²) in [5.74, 6) is -0.964. The molecule has 2 amide bonds. The Morgan fingerprint density at radius 1 is 1.26 bits per heavy atom. The number of carbonyl (C=O) groups excluding carboxylic acids is 3. The van der Waals surface area contributed by atoms with Gasteiger partial charge in [-0.3, -0.25) is 9.59 Å². The molecular weight excluding hydrogens is 324 g/mol. The fraction of sp³-hybridized carbons (Fsp3) is 0.400. The predicted molar refractivity (Wildman–Crippen MR) is 84.3 cm³/mol. The molecule has 1 rings (SSSR count). The highest BCUT2D eigenvalue weighted by Gasteiger charge is 2.15. The minimum absolute atomic E-state index is 0.104. The minimum atomic E-state index is -0.680. The van der Waals surface area contributed by atoms with Crippen molar-refractivity contribution in [1.29, 1.82) is 0 Å². The molecule has 7 nitrogen and oxygen atoms in total. The van der Waals surface area contributed by atoms with Crippen molar-refractivity contribution in [2.75, 3.05) is 33.9 Å². The molecule has 0 aromatic heterocycles. The van der Waals surface area contributed by atoms with E-state index in [0.717, 1.165) is 10.5 Å². The van der Waals surface area contributed by atoms with E-state index in [1.165, 1.54) is 14.1 Å². The molecule has 0 spiro atoms. The molecule has 0 radical (unpaired) electrons. The van der Waals surface area contributed by atoms with Crippen LogP contribution in [0.25, 0.3) is 0 Å². The number of carbonyl (C=O) groups is 3. The van der Waals surface area contributed by atoms with E-state index < -0.39 is 18.5 Å². The lowest BCUT2D eigenvalue weighted by atomic mass is 10.2. The van der Waals surface area contributed by atoms with Gasteiger partial charge < -0.3 is 19.7 Å². The topological polar surface area (TPSA) is 84.9 Å². The maximum atomic E-state index is 11.7. The molecule has 0 heterocycles. The van der Waals surface area contributed by atoms with E-state index in [4.69, 9.17) is 21.1 Å². The zero-order valence-corrected chi connectivity index (χ0v) is 14.0. The van der Waals surface area contributed by atoms with Gasteiger partial charge in [0.05, 0.1) is 6.54 Å². The maximum Gasteiger partial charge on any atom is 0.344 e. The Morgan fingerprint density at radius 2 is 1.96 bits per heavy atom. The Morgan fingerprint density at radius 3 is 2.57 bits per heavy atom. The third kappa shape index (κ3) is 6.56. The van der Waals surface area contributed by atoms with Gasteiger partial charge in [0.15, 0.2) is 13.2 Å². The van der Waals surface area contributed by atoms with Crippen LogP contribution in [0.4, 0.5) is 0 Å². The second kappa shape index (κ2) is 8.99. The Hall–Kier alpha value is -2.28. The molecule has 0 aliphatic carbocycles. The number of ether oxygens (including phenoxy) is 2. The van der Waals surface area contributed by atoms with Crippen LogP contribution >= 0.6 is 11.6 Å². The molecule has 8 heteroatoms. The largest absolute Gasteiger partial charge is 0.482 e. The summed E-state index contributed by atoms with van der Waals surface area (Å²) in [6.45, 7) is 0.918. The first-order chi connectivity index (χ1) is 10.8. The average molecular weight is 343 g/mol. The molecule has 0 aliphatic rings. The average Bonchev–Trinajstić information content (AvgIpc) is 2.51. The number of aryl methyl sites for hydroxylation is 1. The van der Waals surface area contributed by atoms with Crippen LogP contribution in [0.3, 0.4) is 0 Å². The van der Waals surface area contributed by atoms with Crippen molar-refractivity contribution >= 4 is 29.4 Å². The number of benzene rings is 1. The van der Waals surface area contributed by atoms with Crippen molar-refractivity contribution < 1.29 is 23.9 Å². The molecule has 0 bridgehead atoms. The lowest BCUT2D eigenvalue weighted by Gasteiger charge is -2.16. The van der Waals surface area contributed by atoms with Crippen LogP contribution in [-0.2, 0) is 19.1 Å². The van der Waals surface area contributed by atoms with Gasteiger partial charge in [0.2, 0.25) is 5.91 Å². The van der Waals surface area contributed by atoms with E-state index >= 15 is 0 Å². The van der Waals surface area contributed by atoms with E-state index in [-0.39, 0.29) is 19.1 Å². The third-order valence-corrected chi connectivity index (χ3v) is 3.16. The number of hydrogen-bond donors (Lipinski definition) is 1. The second-order valence-electron chi connectivity index (χ2n) is 4.78. The van der Waals surface area contributed by atoms with E-state index in [2.05, 4.69) is 5.32 Å². The summed E-state index contributed by atoms with van der Waals surface area (Å²) in [7, 11) is 2.91. The van der Waals surface area contributed by atoms with Gasteiger partial charge in [0.1, 0.15) is 5.75 Å². The van der Waals surface area contributed by atoms with E-state index in [1.807, 2.05) is 0 Å². The normalized spacial score (nSPS) is 9.91. The molecule has 23 heavy (non-hydrogen) atoms. The summed E-state index contributed by atoms with van der Waals surface area (Å²) in [5, 5.41) is 2.96. The smallest absolute Gasteiger partial charge is 0.344 e. The molecule has 126 valence electrons. The van der Waals surface area contributed by atoms with Gasteiger partial charge in [0.25, 0.3) is 5.91 Å². The Balaban J connectivity index is 2.36. The van der Waals surface area contributed by atoms with Gasteiger partial charge in [0, 0.05) is 19.1 Å². The molecule has 0 fully saturated rings. The molecule has 1 aromatic rings. The van der Waals surface area contributed by atoms with Crippen LogP contribution in [0, 0.1) is 6.92 Å². The van der Waals surface area contributed by atoms with E-state index in [9.17, 15) is 14.4 Å². The molecule has 0 saturated heterocycles. The number of nitrogens with one attached hydrogen (secondary N) is 1. The Kier molecular flexibility index (Phi) is 7.34. The van der Waals surface area contributed by atoms with Gasteiger partial charge in [-0.1, -0.05) is 11.6 Å². The fourth-order valence-electron chi connectivity index (χ4n) is 1.59. The number of rotatable bonds is 7. The number of esters is 1. The van der Waals surface area contributed by atoms with Crippen molar-refractivity contribution in [3.63, 3.8) is 0 Å². The van der Waals surface area contributed by atoms with Crippen molar-refractivity contribution in [3.8, 4) is 5.75 Å². The predicted octanol–water partition coefficient (Wildman–Crippen LogP) is 0.775. The number of likely N-dealkylation sites (N-methyl/N-ethyl adjacent to an activating group) is 2. The standard InChI is InChI=1S/C15H19ClN2O5/c1-10-6-11(16)4-5-12(10)22-9-15(21)23-8-14(20)18(3)7-13(19)17-2/h4-6H,7-9H2,1-3H3,(H,17,19). The van der Waals surface area contributed by atoms with Gasteiger partial charge in [-0.15, -0.1) is 0 Å². The van der Waals surface area contributed by atoms with Gasteiger partial charge >= 0.3 is 5.97 Å². The Labute approximate surface area is 139 Å². The highest BCUT2D eigenvalue weighted by atomic mass is 35.5. The summed E-state index contributed by atoms with van der Waals surface area (Å²) in [4.78, 5) is 35.6. The second-order valence-corrected chi connectivity index (χ2v) is 5.22. The maximum absolute atomic E-state index is 11.7. The molecule has 1 N–H and O–H groups in total. The summed E-state index contributed by atoms with van der Waals surface area (Å²) >= 11 is 5.82. The third-order valence-electron chi connectivity index (χ3n) is 2.92. The lowest BCUT2D eigenvalue weighted by molar-refractivity contribution is -0.153. The monoisotopic (exact) mass is 342 g/mol. The van der Waals surface area contributed by atoms with Crippen LogP contribution in [0.2, 0.25) is 5.02 Å². The molecule has 0 aliphatic heterocycles. The van der Waals surface area contributed by atoms with Crippen LogP contribution in [-0.4, -0.2) is 56.5 Å². The number of hydrogen-bond acceptors (Lipinski definition) is 5. The van der Waals surface area contributed by atoms with Gasteiger partial charge in [-0.2, -0.15) is 0 Å². The van der Waals surface area contributed by atoms with Crippen molar-refractivity contribution in [2.45, 2.75) is 6.92 Å². The summed E-state index contributed by atoms with van der Waals surface area (Å²) < 4.78 is 10.1. The molecular formula is C15H19ClN2O5. The first-order valence-electron chi connectivity index (χ1n) is 6.82. The zero-order valence-electron chi connectivity index (χ0n) is 13.2. The van der Waals surface area contributed by atoms with Crippen molar-refractivity contribution in [3.05, 3.63) is 28.8 Å². The molecule has 0 saturated carbocycles. The number of amides is 2. The number of halogens is 1. The number of nitrogens with zero attached hydrogens (tertiary/aromatic N) is 1. The Bertz CT molecular complexity index is 591. The van der Waals surface area contributed by atoms with Crippen LogP contribution in [0.1, 0.15) is 5.56 Å². The van der Waals surface area contributed by atoms with Crippen LogP contribution in [0.5, 0.6) is 5.75 Å². The zero-order chi connectivity index (χ0) is 17.4. The minimum Gasteiger partial charge on any atom is -0.482 e. The SMILES string of the molecule is CNC(=O)CN(C)C(=O)COC(=O)COc1ccc(Cl)cc1C. The first kappa shape index (κ1) is 18.8. The van der Waals surface area contributed by atoms with Crippen molar-refractivity contribution in [1.82, 2.24) is 10.2 Å². The summed E-state index contributed by atoms with van der Waals surface area (Å²) in [5.41, 5.74) is 0.784. The van der Waals surface area contributed by atoms with Crippen LogP contribution in [0.15, 0.2) is 18.2 Å². The lowest BCUT2D eigenvalue weighted by Crippen LogP contribution is -2.39. The quantitative estimate of drug-likeness (QED) is 0.740. The molecule has 1 aromatic carbocycles. The highest BCUT2D eigenvalue weighted by molar-refractivity contribution is 6.30. The highest BCUT2D eigenvalue weighted by Crippen LogP contribution is 2.21. The fourth-order valence-corrected chi connectivity index (χ4v) is 1.81. The van der Waals surface area contributed by atoms with Crippen molar-refractivity contribution in [2.24, 2.45) is 0 Å². The van der Waals surface area contributed by atoms with E-state index in [1.54, 1.807) is 25.1 Å². The summed E-state index contributed by atoms with van der Waals surface area (Å²) in [6, 6.07) is 5.00. The van der Waals surface area contributed by atoms with E-state index in [0.29, 0.717) is 10.8 Å². The van der Waals surface area contributed by atoms with Crippen LogP contribution < -0.4 is 10.1 Å². The summed E-state index contributed by atoms with van der Waals surface area (Å²) in [6.07, 6.45) is 0. The molecule has 0 atom stereocenters. The molecule has 0 unspecified atom stereocenters. The van der Waals surface area contributed by atoms with Gasteiger partial charge in [-0.25, -0.2) is 4.79 Å². The van der Waals surface area contributed by atoms with Gasteiger partial charge in [-0.05, 0) is 30.7 Å².